The maximum absolute atomic E-state index is 12.8. The van der Waals surface area contributed by atoms with Crippen LogP contribution in [0.25, 0.3) is 0 Å². The predicted molar refractivity (Wildman–Crippen MR) is 283 cm³/mol. The molecule has 0 aromatic rings. The quantitative estimate of drug-likeness (QED) is 0.0262. The molecule has 6 nitrogen and oxygen atoms in total. The van der Waals surface area contributed by atoms with Crippen molar-refractivity contribution in [3.8, 4) is 0 Å². The Morgan fingerprint density at radius 2 is 0.606 bits per heavy atom. The average molecular weight is 913 g/mol. The third-order valence-corrected chi connectivity index (χ3v) is 10.7. The first-order chi connectivity index (χ1) is 32.5. The summed E-state index contributed by atoms with van der Waals surface area (Å²) in [5.74, 6) is -1.07. The van der Waals surface area contributed by atoms with E-state index in [1.54, 1.807) is 0 Å². The molecule has 0 spiro atoms. The molecule has 0 radical (unpaired) electrons. The molecule has 372 valence electrons. The lowest BCUT2D eigenvalue weighted by Gasteiger charge is -2.18. The second kappa shape index (κ2) is 53.4. The molecular weight excluding hydrogens is 817 g/mol. The molecule has 6 heteroatoms. The molecule has 0 bridgehead atoms. The Balaban J connectivity index is 4.61. The number of rotatable bonds is 46. The number of carbonyl (C=O) groups excluding carboxylic acids is 3. The van der Waals surface area contributed by atoms with Crippen molar-refractivity contribution in [2.24, 2.45) is 0 Å². The van der Waals surface area contributed by atoms with Crippen molar-refractivity contribution in [3.63, 3.8) is 0 Å². The minimum Gasteiger partial charge on any atom is -0.462 e. The zero-order valence-corrected chi connectivity index (χ0v) is 42.4. The maximum Gasteiger partial charge on any atom is 0.306 e. The number of ether oxygens (including phenoxy) is 3. The summed E-state index contributed by atoms with van der Waals surface area (Å²) in [4.78, 5) is 38.0. The van der Waals surface area contributed by atoms with E-state index >= 15 is 0 Å². The lowest BCUT2D eigenvalue weighted by molar-refractivity contribution is -0.167. The second-order valence-electron chi connectivity index (χ2n) is 17.0. The average Bonchev–Trinajstić information content (AvgIpc) is 3.31. The molecule has 0 heterocycles. The van der Waals surface area contributed by atoms with Crippen LogP contribution < -0.4 is 0 Å². The van der Waals surface area contributed by atoms with Gasteiger partial charge in [0.2, 0.25) is 0 Å². The minimum atomic E-state index is -0.839. The van der Waals surface area contributed by atoms with Gasteiger partial charge in [-0.05, 0) is 122 Å². The molecule has 0 fully saturated rings. The first-order valence-corrected chi connectivity index (χ1v) is 26.5. The van der Waals surface area contributed by atoms with E-state index < -0.39 is 6.10 Å². The summed E-state index contributed by atoms with van der Waals surface area (Å²) in [5, 5.41) is 0. The number of hydrogen-bond acceptors (Lipinski definition) is 6. The van der Waals surface area contributed by atoms with E-state index in [1.165, 1.54) is 70.6 Å². The number of hydrogen-bond donors (Lipinski definition) is 0. The monoisotopic (exact) mass is 913 g/mol. The Bertz CT molecular complexity index is 1420. The summed E-state index contributed by atoms with van der Waals surface area (Å²) >= 11 is 0. The second-order valence-corrected chi connectivity index (χ2v) is 17.0. The van der Waals surface area contributed by atoms with Crippen molar-refractivity contribution in [2.75, 3.05) is 13.2 Å². The van der Waals surface area contributed by atoms with Gasteiger partial charge in [0, 0.05) is 19.3 Å². The van der Waals surface area contributed by atoms with Crippen LogP contribution in [0.5, 0.6) is 0 Å². The topological polar surface area (TPSA) is 78.9 Å². The van der Waals surface area contributed by atoms with Gasteiger partial charge in [-0.15, -0.1) is 0 Å². The van der Waals surface area contributed by atoms with Crippen LogP contribution in [-0.2, 0) is 28.6 Å². The van der Waals surface area contributed by atoms with E-state index in [0.29, 0.717) is 19.3 Å². The molecule has 0 amide bonds. The van der Waals surface area contributed by atoms with Crippen molar-refractivity contribution in [1.82, 2.24) is 0 Å². The van der Waals surface area contributed by atoms with Gasteiger partial charge in [-0.3, -0.25) is 14.4 Å². The van der Waals surface area contributed by atoms with E-state index in [-0.39, 0.29) is 44.0 Å². The Morgan fingerprint density at radius 1 is 0.318 bits per heavy atom. The molecule has 1 unspecified atom stereocenters. The normalized spacial score (nSPS) is 13.1. The summed E-state index contributed by atoms with van der Waals surface area (Å²) < 4.78 is 16.7. The van der Waals surface area contributed by atoms with E-state index in [1.807, 2.05) is 0 Å². The van der Waals surface area contributed by atoms with E-state index in [4.69, 9.17) is 14.2 Å². The summed E-state index contributed by atoms with van der Waals surface area (Å²) in [6.07, 6.45) is 73.4. The molecule has 0 N–H and O–H groups in total. The van der Waals surface area contributed by atoms with Crippen LogP contribution in [0.3, 0.4) is 0 Å². The Kier molecular flexibility index (Phi) is 50.0. The van der Waals surface area contributed by atoms with E-state index in [0.717, 1.165) is 96.3 Å². The fourth-order valence-corrected chi connectivity index (χ4v) is 6.70. The highest BCUT2D eigenvalue weighted by Crippen LogP contribution is 2.11. The summed E-state index contributed by atoms with van der Waals surface area (Å²) in [6.45, 7) is 6.37. The Labute approximate surface area is 405 Å². The van der Waals surface area contributed by atoms with Gasteiger partial charge < -0.3 is 14.2 Å². The molecule has 0 aromatic carbocycles. The van der Waals surface area contributed by atoms with E-state index in [2.05, 4.69) is 142 Å². The highest BCUT2D eigenvalue weighted by molar-refractivity contribution is 5.71. The lowest BCUT2D eigenvalue weighted by Crippen LogP contribution is -2.30. The summed E-state index contributed by atoms with van der Waals surface area (Å²) in [5.41, 5.74) is 0. The van der Waals surface area contributed by atoms with Gasteiger partial charge in [0.25, 0.3) is 0 Å². The first-order valence-electron chi connectivity index (χ1n) is 26.5. The first kappa shape index (κ1) is 61.8. The molecule has 0 saturated heterocycles. The van der Waals surface area contributed by atoms with Crippen molar-refractivity contribution >= 4 is 17.9 Å². The van der Waals surface area contributed by atoms with Crippen molar-refractivity contribution in [1.29, 1.82) is 0 Å². The van der Waals surface area contributed by atoms with Crippen molar-refractivity contribution < 1.29 is 28.6 Å². The smallest absolute Gasteiger partial charge is 0.306 e. The largest absolute Gasteiger partial charge is 0.462 e. The van der Waals surface area contributed by atoms with Gasteiger partial charge in [-0.2, -0.15) is 0 Å². The number of unbranched alkanes of at least 4 members (excludes halogenated alkanes) is 15. The van der Waals surface area contributed by atoms with Gasteiger partial charge >= 0.3 is 17.9 Å². The fourth-order valence-electron chi connectivity index (χ4n) is 6.70. The number of carbonyl (C=O) groups is 3. The van der Waals surface area contributed by atoms with Gasteiger partial charge in [-0.25, -0.2) is 0 Å². The molecule has 1 atom stereocenters. The molecule has 0 saturated carbocycles. The van der Waals surface area contributed by atoms with Crippen molar-refractivity contribution in [3.05, 3.63) is 122 Å². The van der Waals surface area contributed by atoms with Gasteiger partial charge in [-0.1, -0.05) is 200 Å². The van der Waals surface area contributed by atoms with Crippen LogP contribution >= 0.6 is 0 Å². The minimum absolute atomic E-state index is 0.129. The number of esters is 3. The van der Waals surface area contributed by atoms with Crippen molar-refractivity contribution in [2.45, 2.75) is 226 Å². The Hall–Kier alpha value is -4.19. The highest BCUT2D eigenvalue weighted by atomic mass is 16.6. The van der Waals surface area contributed by atoms with Gasteiger partial charge in [0.1, 0.15) is 13.2 Å². The summed E-state index contributed by atoms with van der Waals surface area (Å²) in [6, 6.07) is 0. The molecule has 66 heavy (non-hydrogen) atoms. The summed E-state index contributed by atoms with van der Waals surface area (Å²) in [7, 11) is 0. The highest BCUT2D eigenvalue weighted by Gasteiger charge is 2.19. The fraction of sp³-hybridized carbons (Fsp3) is 0.617. The van der Waals surface area contributed by atoms with Crippen LogP contribution in [0.2, 0.25) is 0 Å². The SMILES string of the molecule is CC/C=C\C/C=C\C/C=C\C/C=C\C/C=C\CCCC(=O)OCC(COC(=O)CCCCC/C=C\CCCCCCCCC)OC(=O)CCC/C=C\C/C=C\C/C=C\C/C=C\CCCCC. The lowest BCUT2D eigenvalue weighted by atomic mass is 10.1. The molecule has 0 aliphatic heterocycles. The van der Waals surface area contributed by atoms with Crippen LogP contribution in [-0.4, -0.2) is 37.2 Å². The third-order valence-electron chi connectivity index (χ3n) is 10.7. The van der Waals surface area contributed by atoms with Gasteiger partial charge in [0.15, 0.2) is 6.10 Å². The molecule has 0 aromatic heterocycles. The van der Waals surface area contributed by atoms with Gasteiger partial charge in [0.05, 0.1) is 0 Å². The van der Waals surface area contributed by atoms with E-state index in [9.17, 15) is 14.4 Å². The maximum atomic E-state index is 12.8. The molecule has 0 rings (SSSR count). The molecular formula is C60H96O6. The number of allylic oxidation sites excluding steroid dienone is 20. The van der Waals surface area contributed by atoms with Crippen LogP contribution in [0.4, 0.5) is 0 Å². The predicted octanol–water partition coefficient (Wildman–Crippen LogP) is 17.7. The van der Waals surface area contributed by atoms with Crippen LogP contribution in [0.1, 0.15) is 220 Å². The zero-order valence-electron chi connectivity index (χ0n) is 42.4. The Morgan fingerprint density at radius 3 is 1.03 bits per heavy atom. The molecule has 0 aliphatic carbocycles. The third kappa shape index (κ3) is 50.8. The standard InChI is InChI=1S/C60H96O6/c1-4-7-10-13-16-19-22-25-28-30-32-35-38-41-44-47-50-53-59(62)65-56-57(55-64-58(61)52-49-46-43-40-37-34-27-24-21-18-15-12-9-6-3)66-60(63)54-51-48-45-42-39-36-33-31-29-26-23-20-17-14-11-8-5-2/h7,10,16-17,19-20,25-26,28-29,32-37,41-42,44-45,57H,4-6,8-9,11-15,18,21-24,27,30-31,38-40,43,46-56H2,1-3H3/b10-7-,19-16-,20-17-,28-25-,29-26-,35-32-,36-33-,37-34-,44-41-,45-42-. The van der Waals surface area contributed by atoms with Crippen LogP contribution in [0, 0.1) is 0 Å². The van der Waals surface area contributed by atoms with Crippen LogP contribution in [0.15, 0.2) is 122 Å². The zero-order chi connectivity index (χ0) is 47.9. The molecule has 0 aliphatic rings.